The minimum absolute atomic E-state index is 0.510. The van der Waals surface area contributed by atoms with Crippen LogP contribution in [0.15, 0.2) is 0 Å². The van der Waals surface area contributed by atoms with E-state index in [2.05, 4.69) is 11.9 Å². The highest BCUT2D eigenvalue weighted by Gasteiger charge is 2.38. The molecular weight excluding hydrogens is 150 g/mol. The summed E-state index contributed by atoms with van der Waals surface area (Å²) in [6.45, 7) is 2.43. The van der Waals surface area contributed by atoms with Crippen LogP contribution in [-0.2, 0) is 4.74 Å². The predicted molar refractivity (Wildman–Crippen MR) is 49.1 cm³/mol. The van der Waals surface area contributed by atoms with Gasteiger partial charge in [0.2, 0.25) is 0 Å². The van der Waals surface area contributed by atoms with Crippen LogP contribution in [0.25, 0.3) is 0 Å². The third-order valence-electron chi connectivity index (χ3n) is 3.54. The van der Waals surface area contributed by atoms with E-state index in [1.54, 1.807) is 0 Å². The summed E-state index contributed by atoms with van der Waals surface area (Å²) >= 11 is 0. The Hall–Kier alpha value is -0.0800. The van der Waals surface area contributed by atoms with Gasteiger partial charge in [0.05, 0.1) is 6.10 Å². The second-order valence-electron chi connectivity index (χ2n) is 4.35. The molecule has 0 bridgehead atoms. The maximum atomic E-state index is 5.53. The third kappa shape index (κ3) is 1.38. The number of ether oxygens (including phenoxy) is 1. The molecule has 0 amide bonds. The summed E-state index contributed by atoms with van der Waals surface area (Å²) in [5.74, 6) is 1.79. The largest absolute Gasteiger partial charge is 0.380 e. The zero-order valence-corrected chi connectivity index (χ0v) is 8.12. The molecule has 1 saturated heterocycles. The van der Waals surface area contributed by atoms with E-state index >= 15 is 0 Å². The molecule has 0 spiro atoms. The molecule has 0 aromatic rings. The Bertz CT molecular complexity index is 160. The van der Waals surface area contributed by atoms with Crippen molar-refractivity contribution in [3.05, 3.63) is 0 Å². The standard InChI is InChI=1S/C10H19NO/c1-11-6-8-4-3-5-9(8)10(7-11)12-2/h8-10H,3-7H2,1-2H3/t8-,9-,10?/m0/s1. The average Bonchev–Trinajstić information content (AvgIpc) is 2.50. The topological polar surface area (TPSA) is 12.5 Å². The number of methoxy groups -OCH3 is 1. The number of likely N-dealkylation sites (N-methyl/N-ethyl adjacent to an activating group) is 1. The number of hydrogen-bond acceptors (Lipinski definition) is 2. The molecule has 2 nitrogen and oxygen atoms in total. The summed E-state index contributed by atoms with van der Waals surface area (Å²) in [6, 6.07) is 0. The van der Waals surface area contributed by atoms with Crippen LogP contribution in [0.1, 0.15) is 19.3 Å². The second kappa shape index (κ2) is 3.35. The first-order valence-electron chi connectivity index (χ1n) is 5.02. The molecule has 12 heavy (non-hydrogen) atoms. The van der Waals surface area contributed by atoms with Gasteiger partial charge in [-0.15, -0.1) is 0 Å². The molecule has 0 aromatic heterocycles. The van der Waals surface area contributed by atoms with Gasteiger partial charge in [-0.05, 0) is 31.7 Å². The van der Waals surface area contributed by atoms with Crippen molar-refractivity contribution in [1.82, 2.24) is 4.90 Å². The van der Waals surface area contributed by atoms with Gasteiger partial charge in [-0.2, -0.15) is 0 Å². The highest BCUT2D eigenvalue weighted by Crippen LogP contribution is 2.38. The molecule has 1 unspecified atom stereocenters. The van der Waals surface area contributed by atoms with Gasteiger partial charge in [0.25, 0.3) is 0 Å². The monoisotopic (exact) mass is 169 g/mol. The van der Waals surface area contributed by atoms with Crippen LogP contribution in [-0.4, -0.2) is 38.3 Å². The van der Waals surface area contributed by atoms with E-state index < -0.39 is 0 Å². The van der Waals surface area contributed by atoms with Gasteiger partial charge >= 0.3 is 0 Å². The summed E-state index contributed by atoms with van der Waals surface area (Å²) in [7, 11) is 4.07. The lowest BCUT2D eigenvalue weighted by Crippen LogP contribution is -2.46. The van der Waals surface area contributed by atoms with Gasteiger partial charge in [-0.3, -0.25) is 0 Å². The Morgan fingerprint density at radius 3 is 2.83 bits per heavy atom. The highest BCUT2D eigenvalue weighted by atomic mass is 16.5. The van der Waals surface area contributed by atoms with E-state index in [4.69, 9.17) is 4.74 Å². The average molecular weight is 169 g/mol. The van der Waals surface area contributed by atoms with Crippen molar-refractivity contribution >= 4 is 0 Å². The van der Waals surface area contributed by atoms with E-state index in [9.17, 15) is 0 Å². The Balaban J connectivity index is 2.04. The summed E-state index contributed by atoms with van der Waals surface area (Å²) in [5.41, 5.74) is 0. The van der Waals surface area contributed by atoms with Crippen molar-refractivity contribution in [3.8, 4) is 0 Å². The second-order valence-corrected chi connectivity index (χ2v) is 4.35. The maximum Gasteiger partial charge on any atom is 0.0729 e. The third-order valence-corrected chi connectivity index (χ3v) is 3.54. The Morgan fingerprint density at radius 2 is 2.08 bits per heavy atom. The van der Waals surface area contributed by atoms with Crippen molar-refractivity contribution in [2.75, 3.05) is 27.2 Å². The molecule has 1 heterocycles. The Kier molecular flexibility index (Phi) is 2.37. The van der Waals surface area contributed by atoms with Gasteiger partial charge in [-0.25, -0.2) is 0 Å². The van der Waals surface area contributed by atoms with Crippen LogP contribution in [0.4, 0.5) is 0 Å². The number of nitrogens with zero attached hydrogens (tertiary/aromatic N) is 1. The van der Waals surface area contributed by atoms with Crippen LogP contribution in [0.3, 0.4) is 0 Å². The van der Waals surface area contributed by atoms with Crippen LogP contribution in [0.2, 0.25) is 0 Å². The molecule has 2 aliphatic rings. The predicted octanol–water partition coefficient (Wildman–Crippen LogP) is 1.36. The number of piperidine rings is 1. The zero-order chi connectivity index (χ0) is 8.55. The first-order valence-corrected chi connectivity index (χ1v) is 5.02. The fraction of sp³-hybridized carbons (Fsp3) is 1.00. The molecule has 1 saturated carbocycles. The maximum absolute atomic E-state index is 5.53. The lowest BCUT2D eigenvalue weighted by molar-refractivity contribution is -0.0223. The van der Waals surface area contributed by atoms with Crippen LogP contribution in [0, 0.1) is 11.8 Å². The Morgan fingerprint density at radius 1 is 1.25 bits per heavy atom. The molecule has 2 rings (SSSR count). The normalized spacial score (nSPS) is 43.0. The molecular formula is C10H19NO. The van der Waals surface area contributed by atoms with Gasteiger partial charge in [0.15, 0.2) is 0 Å². The molecule has 1 aliphatic heterocycles. The smallest absolute Gasteiger partial charge is 0.0729 e. The van der Waals surface area contributed by atoms with E-state index in [0.29, 0.717) is 6.10 Å². The summed E-state index contributed by atoms with van der Waals surface area (Å²) in [6.07, 6.45) is 4.76. The molecule has 2 fully saturated rings. The lowest BCUT2D eigenvalue weighted by atomic mass is 9.86. The zero-order valence-electron chi connectivity index (χ0n) is 8.12. The van der Waals surface area contributed by atoms with E-state index in [1.165, 1.54) is 25.8 Å². The molecule has 0 aromatic carbocycles. The minimum Gasteiger partial charge on any atom is -0.380 e. The fourth-order valence-corrected chi connectivity index (χ4v) is 2.95. The van der Waals surface area contributed by atoms with E-state index in [1.807, 2.05) is 7.11 Å². The van der Waals surface area contributed by atoms with E-state index in [0.717, 1.165) is 18.4 Å². The van der Waals surface area contributed by atoms with E-state index in [-0.39, 0.29) is 0 Å². The molecule has 70 valence electrons. The van der Waals surface area contributed by atoms with Crippen molar-refractivity contribution in [1.29, 1.82) is 0 Å². The first kappa shape index (κ1) is 8.52. The molecule has 2 heteroatoms. The fourth-order valence-electron chi connectivity index (χ4n) is 2.95. The molecule has 1 aliphatic carbocycles. The van der Waals surface area contributed by atoms with Crippen molar-refractivity contribution < 1.29 is 4.74 Å². The van der Waals surface area contributed by atoms with Crippen LogP contribution in [0.5, 0.6) is 0 Å². The van der Waals surface area contributed by atoms with Gasteiger partial charge in [-0.1, -0.05) is 6.42 Å². The minimum atomic E-state index is 0.510. The van der Waals surface area contributed by atoms with Crippen molar-refractivity contribution in [2.45, 2.75) is 25.4 Å². The first-order chi connectivity index (χ1) is 5.81. The summed E-state index contributed by atoms with van der Waals surface area (Å²) in [4.78, 5) is 2.42. The van der Waals surface area contributed by atoms with Crippen LogP contribution >= 0.6 is 0 Å². The van der Waals surface area contributed by atoms with Crippen molar-refractivity contribution in [2.24, 2.45) is 11.8 Å². The summed E-state index contributed by atoms with van der Waals surface area (Å²) < 4.78 is 5.53. The molecule has 0 N–H and O–H groups in total. The van der Waals surface area contributed by atoms with Gasteiger partial charge in [0.1, 0.15) is 0 Å². The Labute approximate surface area is 74.9 Å². The number of rotatable bonds is 1. The number of hydrogen-bond donors (Lipinski definition) is 0. The number of likely N-dealkylation sites (tertiary alicyclic amines) is 1. The molecule has 0 radical (unpaired) electrons. The van der Waals surface area contributed by atoms with Gasteiger partial charge < -0.3 is 9.64 Å². The SMILES string of the molecule is COC1CN(C)C[C@@H]2CCC[C@H]12. The molecule has 3 atom stereocenters. The quantitative estimate of drug-likeness (QED) is 0.587. The highest BCUT2D eigenvalue weighted by molar-refractivity contribution is 4.90. The van der Waals surface area contributed by atoms with Gasteiger partial charge in [0, 0.05) is 20.2 Å². The summed E-state index contributed by atoms with van der Waals surface area (Å²) in [5, 5.41) is 0. The lowest BCUT2D eigenvalue weighted by Gasteiger charge is -2.38. The van der Waals surface area contributed by atoms with Crippen molar-refractivity contribution in [3.63, 3.8) is 0 Å². The number of fused-ring (bicyclic) bond motifs is 1. The van der Waals surface area contributed by atoms with Crippen LogP contribution < -0.4 is 0 Å².